The van der Waals surface area contributed by atoms with Crippen LogP contribution in [0.15, 0.2) is 11.6 Å². The largest absolute Gasteiger partial charge is 0.395 e. The van der Waals surface area contributed by atoms with Gasteiger partial charge in [0.1, 0.15) is 0 Å². The average molecular weight is 241 g/mol. The molecule has 2 rings (SSSR count). The van der Waals surface area contributed by atoms with Gasteiger partial charge in [-0.05, 0) is 19.8 Å². The third kappa shape index (κ3) is 2.93. The van der Waals surface area contributed by atoms with Crippen molar-refractivity contribution in [3.8, 4) is 0 Å². The second-order valence-corrected chi connectivity index (χ2v) is 5.20. The number of thiazole rings is 1. The summed E-state index contributed by atoms with van der Waals surface area (Å²) in [5, 5.41) is 15.6. The lowest BCUT2D eigenvalue weighted by molar-refractivity contribution is 0.233. The van der Waals surface area contributed by atoms with E-state index in [0.29, 0.717) is 6.04 Å². The number of hydrogen-bond acceptors (Lipinski definition) is 5. The number of nitrogens with one attached hydrogen (secondary N) is 1. The number of anilines is 1. The molecule has 0 aliphatic carbocycles. The fourth-order valence-corrected chi connectivity index (χ4v) is 2.76. The van der Waals surface area contributed by atoms with E-state index in [1.807, 2.05) is 18.5 Å². The second kappa shape index (κ2) is 5.61. The molecule has 1 fully saturated rings. The van der Waals surface area contributed by atoms with Crippen LogP contribution in [-0.2, 0) is 0 Å². The van der Waals surface area contributed by atoms with Gasteiger partial charge in [0, 0.05) is 36.8 Å². The first-order valence-electron chi connectivity index (χ1n) is 5.81. The molecule has 0 unspecified atom stereocenters. The highest BCUT2D eigenvalue weighted by Gasteiger charge is 2.21. The monoisotopic (exact) mass is 241 g/mol. The van der Waals surface area contributed by atoms with Gasteiger partial charge in [-0.1, -0.05) is 0 Å². The van der Waals surface area contributed by atoms with Gasteiger partial charge in [-0.2, -0.15) is 0 Å². The molecule has 90 valence electrons. The SMILES string of the molecule is C[C@H](CO)NC1CCN(c2nccs2)CC1. The highest BCUT2D eigenvalue weighted by Crippen LogP contribution is 2.21. The zero-order valence-electron chi connectivity index (χ0n) is 9.59. The van der Waals surface area contributed by atoms with Crippen molar-refractivity contribution >= 4 is 16.5 Å². The van der Waals surface area contributed by atoms with Crippen LogP contribution >= 0.6 is 11.3 Å². The average Bonchev–Trinajstić information content (AvgIpc) is 2.83. The first-order chi connectivity index (χ1) is 7.79. The van der Waals surface area contributed by atoms with E-state index in [-0.39, 0.29) is 12.6 Å². The predicted octanol–water partition coefficient (Wildman–Crippen LogP) is 1.08. The first-order valence-corrected chi connectivity index (χ1v) is 6.69. The molecule has 0 saturated carbocycles. The van der Waals surface area contributed by atoms with Crippen molar-refractivity contribution in [2.45, 2.75) is 31.8 Å². The van der Waals surface area contributed by atoms with Crippen molar-refractivity contribution in [2.75, 3.05) is 24.6 Å². The summed E-state index contributed by atoms with van der Waals surface area (Å²) in [5.41, 5.74) is 0. The summed E-state index contributed by atoms with van der Waals surface area (Å²) in [4.78, 5) is 6.67. The van der Waals surface area contributed by atoms with Gasteiger partial charge in [0.25, 0.3) is 0 Å². The third-order valence-corrected chi connectivity index (χ3v) is 3.81. The van der Waals surface area contributed by atoms with Gasteiger partial charge in [-0.3, -0.25) is 0 Å². The molecule has 0 radical (unpaired) electrons. The highest BCUT2D eigenvalue weighted by atomic mass is 32.1. The van der Waals surface area contributed by atoms with E-state index >= 15 is 0 Å². The number of piperidine rings is 1. The first kappa shape index (κ1) is 11.8. The van der Waals surface area contributed by atoms with Crippen LogP contribution in [0.5, 0.6) is 0 Å². The van der Waals surface area contributed by atoms with E-state index in [1.165, 1.54) is 0 Å². The van der Waals surface area contributed by atoms with Gasteiger partial charge in [-0.25, -0.2) is 4.98 Å². The van der Waals surface area contributed by atoms with E-state index in [0.717, 1.165) is 31.1 Å². The molecule has 1 aliphatic rings. The maximum atomic E-state index is 8.99. The normalized spacial score (nSPS) is 20.0. The molecule has 0 bridgehead atoms. The molecule has 5 heteroatoms. The molecule has 2 N–H and O–H groups in total. The Morgan fingerprint density at radius 1 is 1.62 bits per heavy atom. The van der Waals surface area contributed by atoms with Crippen LogP contribution in [0.3, 0.4) is 0 Å². The van der Waals surface area contributed by atoms with Crippen LogP contribution in [0.2, 0.25) is 0 Å². The predicted molar refractivity (Wildman–Crippen MR) is 67.0 cm³/mol. The fraction of sp³-hybridized carbons (Fsp3) is 0.727. The third-order valence-electron chi connectivity index (χ3n) is 2.98. The maximum Gasteiger partial charge on any atom is 0.185 e. The Balaban J connectivity index is 1.78. The molecule has 0 aromatic carbocycles. The van der Waals surface area contributed by atoms with Crippen molar-refractivity contribution < 1.29 is 5.11 Å². The number of hydrogen-bond donors (Lipinski definition) is 2. The number of aromatic nitrogens is 1. The second-order valence-electron chi connectivity index (χ2n) is 4.33. The Labute approximate surface area is 100 Å². The number of aliphatic hydroxyl groups is 1. The molecular weight excluding hydrogens is 222 g/mol. The molecule has 16 heavy (non-hydrogen) atoms. The van der Waals surface area contributed by atoms with Crippen LogP contribution in [0, 0.1) is 0 Å². The van der Waals surface area contributed by atoms with Gasteiger partial charge >= 0.3 is 0 Å². The molecule has 1 aliphatic heterocycles. The Hall–Kier alpha value is -0.650. The Kier molecular flexibility index (Phi) is 4.15. The van der Waals surface area contributed by atoms with Crippen molar-refractivity contribution in [1.82, 2.24) is 10.3 Å². The maximum absolute atomic E-state index is 8.99. The smallest absolute Gasteiger partial charge is 0.185 e. The van der Waals surface area contributed by atoms with E-state index in [4.69, 9.17) is 5.11 Å². The fourth-order valence-electron chi connectivity index (χ4n) is 2.06. The lowest BCUT2D eigenvalue weighted by Gasteiger charge is -2.33. The summed E-state index contributed by atoms with van der Waals surface area (Å²) >= 11 is 1.70. The Morgan fingerprint density at radius 3 is 2.94 bits per heavy atom. The van der Waals surface area contributed by atoms with Crippen LogP contribution < -0.4 is 10.2 Å². The zero-order valence-corrected chi connectivity index (χ0v) is 10.4. The Morgan fingerprint density at radius 2 is 2.38 bits per heavy atom. The van der Waals surface area contributed by atoms with Crippen molar-refractivity contribution in [1.29, 1.82) is 0 Å². The van der Waals surface area contributed by atoms with Crippen LogP contribution in [0.1, 0.15) is 19.8 Å². The summed E-state index contributed by atoms with van der Waals surface area (Å²) in [6, 6.07) is 0.745. The summed E-state index contributed by atoms with van der Waals surface area (Å²) in [6.07, 6.45) is 4.12. The lowest BCUT2D eigenvalue weighted by atomic mass is 10.0. The van der Waals surface area contributed by atoms with Gasteiger partial charge in [0.2, 0.25) is 0 Å². The quantitative estimate of drug-likeness (QED) is 0.828. The zero-order chi connectivity index (χ0) is 11.4. The summed E-state index contributed by atoms with van der Waals surface area (Å²) in [6.45, 7) is 4.35. The van der Waals surface area contributed by atoms with E-state index < -0.39 is 0 Å². The van der Waals surface area contributed by atoms with Crippen molar-refractivity contribution in [2.24, 2.45) is 0 Å². The minimum Gasteiger partial charge on any atom is -0.395 e. The molecule has 4 nitrogen and oxygen atoms in total. The number of rotatable bonds is 4. The van der Waals surface area contributed by atoms with Crippen molar-refractivity contribution in [3.05, 3.63) is 11.6 Å². The van der Waals surface area contributed by atoms with E-state index in [1.54, 1.807) is 11.3 Å². The van der Waals surface area contributed by atoms with Crippen LogP contribution in [0.25, 0.3) is 0 Å². The van der Waals surface area contributed by atoms with Gasteiger partial charge in [0.05, 0.1) is 6.61 Å². The van der Waals surface area contributed by atoms with Gasteiger partial charge < -0.3 is 15.3 Å². The highest BCUT2D eigenvalue weighted by molar-refractivity contribution is 7.13. The topological polar surface area (TPSA) is 48.4 Å². The van der Waals surface area contributed by atoms with Gasteiger partial charge in [0.15, 0.2) is 5.13 Å². The van der Waals surface area contributed by atoms with Crippen LogP contribution in [-0.4, -0.2) is 41.9 Å². The Bertz CT molecular complexity index is 296. The molecule has 1 aromatic rings. The molecule has 1 atom stereocenters. The summed E-state index contributed by atoms with van der Waals surface area (Å²) < 4.78 is 0. The lowest BCUT2D eigenvalue weighted by Crippen LogP contribution is -2.46. The summed E-state index contributed by atoms with van der Waals surface area (Å²) in [5.74, 6) is 0. The molecular formula is C11H19N3OS. The van der Waals surface area contributed by atoms with Crippen LogP contribution in [0.4, 0.5) is 5.13 Å². The molecule has 2 heterocycles. The van der Waals surface area contributed by atoms with Crippen molar-refractivity contribution in [3.63, 3.8) is 0 Å². The summed E-state index contributed by atoms with van der Waals surface area (Å²) in [7, 11) is 0. The minimum absolute atomic E-state index is 0.205. The standard InChI is InChI=1S/C11H19N3OS/c1-9(8-15)13-10-2-5-14(6-3-10)11-12-4-7-16-11/h4,7,9-10,13,15H,2-3,5-6,8H2,1H3/t9-/m1/s1. The number of nitrogens with zero attached hydrogens (tertiary/aromatic N) is 2. The molecule has 0 spiro atoms. The molecule has 1 saturated heterocycles. The molecule has 0 amide bonds. The minimum atomic E-state index is 0.205. The molecule has 1 aromatic heterocycles. The van der Waals surface area contributed by atoms with Gasteiger partial charge in [-0.15, -0.1) is 11.3 Å². The van der Waals surface area contributed by atoms with E-state index in [9.17, 15) is 0 Å². The van der Waals surface area contributed by atoms with E-state index in [2.05, 4.69) is 15.2 Å². The number of aliphatic hydroxyl groups excluding tert-OH is 1.